The summed E-state index contributed by atoms with van der Waals surface area (Å²) < 4.78 is 5.82. The minimum absolute atomic E-state index is 0.345. The molecule has 2 rings (SSSR count). The molecule has 0 radical (unpaired) electrons. The van der Waals surface area contributed by atoms with Crippen LogP contribution in [0.25, 0.3) is 11.0 Å². The molecule has 4 heteroatoms. The Bertz CT molecular complexity index is 436. The average molecular weight is 226 g/mol. The molecule has 0 unspecified atom stereocenters. The van der Waals surface area contributed by atoms with Crippen LogP contribution in [0.3, 0.4) is 0 Å². The van der Waals surface area contributed by atoms with E-state index >= 15 is 0 Å². The Morgan fingerprint density at radius 3 is 3.08 bits per heavy atom. The number of hydrogen-bond acceptors (Lipinski definition) is 3. The van der Waals surface area contributed by atoms with Crippen molar-refractivity contribution in [2.45, 2.75) is 0 Å². The first kappa shape index (κ1) is 7.49. The molecule has 0 spiro atoms. The molecular weight excluding hydrogens is 222 g/mol. The van der Waals surface area contributed by atoms with Crippen molar-refractivity contribution in [1.29, 1.82) is 0 Å². The molecule has 0 bridgehead atoms. The van der Waals surface area contributed by atoms with E-state index in [1.54, 1.807) is 12.1 Å². The van der Waals surface area contributed by atoms with Crippen molar-refractivity contribution in [3.05, 3.63) is 28.4 Å². The molecule has 60 valence electrons. The van der Waals surface area contributed by atoms with Crippen LogP contribution in [0, 0.1) is 0 Å². The monoisotopic (exact) mass is 225 g/mol. The largest absolute Gasteiger partial charge is 0.356 e. The molecule has 2 aromatic rings. The number of aromatic nitrogens is 1. The number of hydrogen-bond donors (Lipinski definition) is 0. The fourth-order valence-corrected chi connectivity index (χ4v) is 1.36. The second-order valence-corrected chi connectivity index (χ2v) is 3.24. The van der Waals surface area contributed by atoms with Crippen LogP contribution in [-0.2, 0) is 0 Å². The lowest BCUT2D eigenvalue weighted by molar-refractivity contribution is 0.111. The summed E-state index contributed by atoms with van der Waals surface area (Å²) in [6, 6.07) is 5.40. The zero-order valence-electron chi connectivity index (χ0n) is 5.95. The minimum Gasteiger partial charge on any atom is -0.356 e. The van der Waals surface area contributed by atoms with Gasteiger partial charge in [0, 0.05) is 4.47 Å². The maximum atomic E-state index is 10.4. The lowest BCUT2D eigenvalue weighted by Gasteiger charge is -1.87. The fraction of sp³-hybridized carbons (Fsp3) is 0. The van der Waals surface area contributed by atoms with Gasteiger partial charge in [-0.1, -0.05) is 21.1 Å². The third-order valence-corrected chi connectivity index (χ3v) is 2.07. The quantitative estimate of drug-likeness (QED) is 0.701. The van der Waals surface area contributed by atoms with Crippen molar-refractivity contribution in [2.24, 2.45) is 0 Å². The summed E-state index contributed by atoms with van der Waals surface area (Å²) in [5.74, 6) is 0. The number of carbonyl (C=O) groups is 1. The standard InChI is InChI=1S/C8H4BrNO2/c9-5-1-2-6-7(4-11)10-12-8(6)3-5/h1-4H. The molecule has 0 aliphatic rings. The first-order chi connectivity index (χ1) is 5.81. The van der Waals surface area contributed by atoms with Crippen molar-refractivity contribution in [1.82, 2.24) is 5.16 Å². The minimum atomic E-state index is 0.345. The number of fused-ring (bicyclic) bond motifs is 1. The molecule has 0 N–H and O–H groups in total. The number of carbonyl (C=O) groups excluding carboxylic acids is 1. The lowest BCUT2D eigenvalue weighted by Crippen LogP contribution is -1.77. The van der Waals surface area contributed by atoms with E-state index in [9.17, 15) is 4.79 Å². The maximum absolute atomic E-state index is 10.4. The summed E-state index contributed by atoms with van der Waals surface area (Å²) in [5.41, 5.74) is 0.962. The number of nitrogens with zero attached hydrogens (tertiary/aromatic N) is 1. The highest BCUT2D eigenvalue weighted by Crippen LogP contribution is 2.21. The van der Waals surface area contributed by atoms with Crippen LogP contribution in [0.4, 0.5) is 0 Å². The van der Waals surface area contributed by atoms with Crippen LogP contribution in [0.5, 0.6) is 0 Å². The van der Waals surface area contributed by atoms with Crippen LogP contribution >= 0.6 is 15.9 Å². The normalized spacial score (nSPS) is 10.4. The van der Waals surface area contributed by atoms with Gasteiger partial charge in [0.1, 0.15) is 0 Å². The Kier molecular flexibility index (Phi) is 1.69. The molecule has 0 fully saturated rings. The van der Waals surface area contributed by atoms with Gasteiger partial charge in [-0.25, -0.2) is 0 Å². The molecule has 0 aliphatic heterocycles. The van der Waals surface area contributed by atoms with Gasteiger partial charge >= 0.3 is 0 Å². The van der Waals surface area contributed by atoms with E-state index < -0.39 is 0 Å². The molecule has 3 nitrogen and oxygen atoms in total. The van der Waals surface area contributed by atoms with E-state index in [1.165, 1.54) is 0 Å². The van der Waals surface area contributed by atoms with Crippen molar-refractivity contribution in [3.8, 4) is 0 Å². The summed E-state index contributed by atoms with van der Waals surface area (Å²) in [6.45, 7) is 0. The van der Waals surface area contributed by atoms with Gasteiger partial charge in [-0.2, -0.15) is 0 Å². The fourth-order valence-electron chi connectivity index (χ4n) is 1.02. The van der Waals surface area contributed by atoms with Crippen LogP contribution in [-0.4, -0.2) is 11.4 Å². The smallest absolute Gasteiger partial charge is 0.172 e. The van der Waals surface area contributed by atoms with Crippen molar-refractivity contribution in [2.75, 3.05) is 0 Å². The van der Waals surface area contributed by atoms with Crippen LogP contribution in [0.2, 0.25) is 0 Å². The SMILES string of the molecule is O=Cc1noc2cc(Br)ccc12. The molecular formula is C8H4BrNO2. The van der Waals surface area contributed by atoms with Crippen LogP contribution < -0.4 is 0 Å². The third-order valence-electron chi connectivity index (χ3n) is 1.57. The molecule has 0 atom stereocenters. The van der Waals surface area contributed by atoms with E-state index in [-0.39, 0.29) is 0 Å². The maximum Gasteiger partial charge on any atom is 0.172 e. The highest BCUT2D eigenvalue weighted by Gasteiger charge is 2.05. The van der Waals surface area contributed by atoms with E-state index in [1.807, 2.05) is 6.07 Å². The number of benzene rings is 1. The van der Waals surface area contributed by atoms with Crippen LogP contribution in [0.1, 0.15) is 10.5 Å². The Labute approximate surface area is 76.5 Å². The van der Waals surface area contributed by atoms with Gasteiger partial charge in [0.25, 0.3) is 0 Å². The Morgan fingerprint density at radius 1 is 1.50 bits per heavy atom. The Balaban J connectivity index is 2.81. The van der Waals surface area contributed by atoms with E-state index in [4.69, 9.17) is 4.52 Å². The predicted octanol–water partition coefficient (Wildman–Crippen LogP) is 2.40. The van der Waals surface area contributed by atoms with Crippen LogP contribution in [0.15, 0.2) is 27.2 Å². The molecule has 1 aromatic heterocycles. The second-order valence-electron chi connectivity index (χ2n) is 2.33. The van der Waals surface area contributed by atoms with E-state index in [0.717, 1.165) is 9.86 Å². The summed E-state index contributed by atoms with van der Waals surface area (Å²) in [4.78, 5) is 10.4. The van der Waals surface area contributed by atoms with Crippen molar-refractivity contribution >= 4 is 33.2 Å². The number of rotatable bonds is 1. The lowest BCUT2D eigenvalue weighted by atomic mass is 10.2. The van der Waals surface area contributed by atoms with Gasteiger partial charge in [0.15, 0.2) is 17.6 Å². The summed E-state index contributed by atoms with van der Waals surface area (Å²) in [7, 11) is 0. The molecule has 1 heterocycles. The Morgan fingerprint density at radius 2 is 2.33 bits per heavy atom. The highest BCUT2D eigenvalue weighted by molar-refractivity contribution is 9.10. The summed E-state index contributed by atoms with van der Waals surface area (Å²) in [6.07, 6.45) is 0.680. The first-order valence-corrected chi connectivity index (χ1v) is 4.10. The first-order valence-electron chi connectivity index (χ1n) is 3.31. The van der Waals surface area contributed by atoms with Gasteiger partial charge in [-0.05, 0) is 18.2 Å². The van der Waals surface area contributed by atoms with Crippen molar-refractivity contribution in [3.63, 3.8) is 0 Å². The number of halogens is 1. The molecule has 0 aliphatic carbocycles. The van der Waals surface area contributed by atoms with Crippen molar-refractivity contribution < 1.29 is 9.32 Å². The third kappa shape index (κ3) is 1.04. The molecule has 1 aromatic carbocycles. The van der Waals surface area contributed by atoms with Gasteiger partial charge in [0.05, 0.1) is 5.39 Å². The predicted molar refractivity (Wildman–Crippen MR) is 47.1 cm³/mol. The summed E-state index contributed by atoms with van der Waals surface area (Å²) >= 11 is 3.29. The van der Waals surface area contributed by atoms with Gasteiger partial charge in [0.2, 0.25) is 0 Å². The molecule has 0 saturated heterocycles. The van der Waals surface area contributed by atoms with E-state index in [0.29, 0.717) is 17.6 Å². The highest BCUT2D eigenvalue weighted by atomic mass is 79.9. The average Bonchev–Trinajstić information content (AvgIpc) is 2.46. The second kappa shape index (κ2) is 2.71. The zero-order chi connectivity index (χ0) is 8.55. The molecule has 0 saturated carbocycles. The van der Waals surface area contributed by atoms with Gasteiger partial charge < -0.3 is 4.52 Å². The molecule has 0 amide bonds. The molecule has 12 heavy (non-hydrogen) atoms. The number of aldehydes is 1. The summed E-state index contributed by atoms with van der Waals surface area (Å²) in [5, 5.41) is 4.33. The Hall–Kier alpha value is -1.16. The van der Waals surface area contributed by atoms with Gasteiger partial charge in [-0.15, -0.1) is 0 Å². The van der Waals surface area contributed by atoms with Gasteiger partial charge in [-0.3, -0.25) is 4.79 Å². The van der Waals surface area contributed by atoms with E-state index in [2.05, 4.69) is 21.1 Å². The topological polar surface area (TPSA) is 43.1 Å². The zero-order valence-corrected chi connectivity index (χ0v) is 7.54.